The number of hydrogen-bond acceptors (Lipinski definition) is 2. The molecule has 0 aliphatic rings. The molecule has 2 nitrogen and oxygen atoms in total. The minimum Gasteiger partial charge on any atom is -0.351 e. The van der Waals surface area contributed by atoms with Gasteiger partial charge in [-0.15, -0.1) is 0 Å². The number of anilines is 2. The van der Waals surface area contributed by atoms with Crippen LogP contribution in [-0.4, -0.2) is 0 Å². The largest absolute Gasteiger partial charge is 0.351 e. The monoisotopic (exact) mass is 322 g/mol. The third-order valence-corrected chi connectivity index (χ3v) is 2.94. The number of nitriles is 1. The summed E-state index contributed by atoms with van der Waals surface area (Å²) in [6.45, 7) is 1.88. The van der Waals surface area contributed by atoms with Crippen molar-refractivity contribution in [2.75, 3.05) is 5.32 Å². The highest BCUT2D eigenvalue weighted by molar-refractivity contribution is 9.10. The zero-order valence-corrected chi connectivity index (χ0v) is 11.6. The van der Waals surface area contributed by atoms with Gasteiger partial charge < -0.3 is 5.32 Å². The molecule has 0 amide bonds. The SMILES string of the molecule is Cc1cc(Br)cc(Nc2c(F)cc(C#N)cc2F)c1. The molecule has 96 valence electrons. The Morgan fingerprint density at radius 2 is 1.74 bits per heavy atom. The maximum absolute atomic E-state index is 13.7. The molecule has 0 saturated carbocycles. The van der Waals surface area contributed by atoms with E-state index in [2.05, 4.69) is 21.2 Å². The van der Waals surface area contributed by atoms with Gasteiger partial charge in [-0.1, -0.05) is 15.9 Å². The highest BCUT2D eigenvalue weighted by Crippen LogP contribution is 2.27. The molecule has 1 N–H and O–H groups in total. The number of halogens is 3. The van der Waals surface area contributed by atoms with E-state index in [0.29, 0.717) is 5.69 Å². The zero-order valence-electron chi connectivity index (χ0n) is 9.97. The maximum atomic E-state index is 13.7. The summed E-state index contributed by atoms with van der Waals surface area (Å²) >= 11 is 3.32. The van der Waals surface area contributed by atoms with Crippen LogP contribution in [0.15, 0.2) is 34.8 Å². The first-order valence-corrected chi connectivity index (χ1v) is 6.22. The van der Waals surface area contributed by atoms with E-state index in [-0.39, 0.29) is 11.3 Å². The molecule has 0 atom stereocenters. The first kappa shape index (κ1) is 13.5. The van der Waals surface area contributed by atoms with Crippen molar-refractivity contribution < 1.29 is 8.78 Å². The van der Waals surface area contributed by atoms with Gasteiger partial charge in [0, 0.05) is 10.2 Å². The van der Waals surface area contributed by atoms with Crippen molar-refractivity contribution in [1.82, 2.24) is 0 Å². The number of benzene rings is 2. The number of rotatable bonds is 2. The normalized spacial score (nSPS) is 10.1. The minimum absolute atomic E-state index is 0.0500. The van der Waals surface area contributed by atoms with Gasteiger partial charge in [-0.05, 0) is 42.8 Å². The molecule has 2 aromatic rings. The fourth-order valence-electron chi connectivity index (χ4n) is 1.71. The van der Waals surface area contributed by atoms with Crippen LogP contribution in [0.4, 0.5) is 20.2 Å². The summed E-state index contributed by atoms with van der Waals surface area (Å²) in [7, 11) is 0. The molecule has 0 aromatic heterocycles. The lowest BCUT2D eigenvalue weighted by Gasteiger charge is -2.10. The Morgan fingerprint density at radius 1 is 1.11 bits per heavy atom. The molecule has 0 spiro atoms. The van der Waals surface area contributed by atoms with Crippen LogP contribution in [0.5, 0.6) is 0 Å². The van der Waals surface area contributed by atoms with Gasteiger partial charge >= 0.3 is 0 Å². The Kier molecular flexibility index (Phi) is 3.82. The molecule has 19 heavy (non-hydrogen) atoms. The molecule has 0 heterocycles. The second kappa shape index (κ2) is 5.37. The smallest absolute Gasteiger partial charge is 0.150 e. The van der Waals surface area contributed by atoms with Crippen LogP contribution >= 0.6 is 15.9 Å². The molecule has 0 aliphatic carbocycles. The number of aryl methyl sites for hydroxylation is 1. The lowest BCUT2D eigenvalue weighted by Crippen LogP contribution is -1.99. The van der Waals surface area contributed by atoms with E-state index in [9.17, 15) is 8.78 Å². The van der Waals surface area contributed by atoms with Crippen LogP contribution in [0.25, 0.3) is 0 Å². The highest BCUT2D eigenvalue weighted by Gasteiger charge is 2.11. The molecule has 0 aliphatic heterocycles. The Morgan fingerprint density at radius 3 is 2.26 bits per heavy atom. The Hall–Kier alpha value is -1.93. The summed E-state index contributed by atoms with van der Waals surface area (Å²) in [4.78, 5) is 0. The van der Waals surface area contributed by atoms with E-state index in [1.54, 1.807) is 18.2 Å². The fourth-order valence-corrected chi connectivity index (χ4v) is 2.32. The van der Waals surface area contributed by atoms with Gasteiger partial charge in [-0.3, -0.25) is 0 Å². The third kappa shape index (κ3) is 3.09. The van der Waals surface area contributed by atoms with Crippen LogP contribution in [0.3, 0.4) is 0 Å². The van der Waals surface area contributed by atoms with Gasteiger partial charge in [-0.25, -0.2) is 8.78 Å². The Labute approximate surface area is 117 Å². The first-order chi connectivity index (χ1) is 8.99. The molecule has 0 unspecified atom stereocenters. The van der Waals surface area contributed by atoms with Crippen LogP contribution < -0.4 is 5.32 Å². The lowest BCUT2D eigenvalue weighted by atomic mass is 10.1. The van der Waals surface area contributed by atoms with E-state index in [1.807, 2.05) is 13.0 Å². The topological polar surface area (TPSA) is 35.8 Å². The van der Waals surface area contributed by atoms with Gasteiger partial charge in [0.2, 0.25) is 0 Å². The standard InChI is InChI=1S/C14H9BrF2N2/c1-8-2-10(15)6-11(3-8)19-14-12(16)4-9(7-18)5-13(14)17/h2-6,19H,1H3. The second-order valence-corrected chi connectivity index (χ2v) is 4.98. The van der Waals surface area contributed by atoms with Crippen molar-refractivity contribution in [3.63, 3.8) is 0 Å². The van der Waals surface area contributed by atoms with Gasteiger partial charge in [0.25, 0.3) is 0 Å². The maximum Gasteiger partial charge on any atom is 0.150 e. The van der Waals surface area contributed by atoms with Crippen molar-refractivity contribution in [2.45, 2.75) is 6.92 Å². The summed E-state index contributed by atoms with van der Waals surface area (Å²) < 4.78 is 28.2. The second-order valence-electron chi connectivity index (χ2n) is 4.07. The lowest BCUT2D eigenvalue weighted by molar-refractivity contribution is 0.590. The van der Waals surface area contributed by atoms with Crippen molar-refractivity contribution >= 4 is 27.3 Å². The van der Waals surface area contributed by atoms with Gasteiger partial charge in [0.1, 0.15) is 5.69 Å². The van der Waals surface area contributed by atoms with Crippen molar-refractivity contribution in [3.8, 4) is 6.07 Å². The predicted octanol–water partition coefficient (Wildman–Crippen LogP) is 4.65. The number of hydrogen-bond donors (Lipinski definition) is 1. The Bertz CT molecular complexity index is 634. The van der Waals surface area contributed by atoms with E-state index in [1.165, 1.54) is 0 Å². The van der Waals surface area contributed by atoms with Crippen LogP contribution in [0.1, 0.15) is 11.1 Å². The van der Waals surface area contributed by atoms with Crippen molar-refractivity contribution in [3.05, 3.63) is 57.6 Å². The van der Waals surface area contributed by atoms with Gasteiger partial charge in [0.15, 0.2) is 11.6 Å². The van der Waals surface area contributed by atoms with E-state index >= 15 is 0 Å². The molecule has 2 rings (SSSR count). The predicted molar refractivity (Wildman–Crippen MR) is 73.2 cm³/mol. The molecule has 2 aromatic carbocycles. The first-order valence-electron chi connectivity index (χ1n) is 5.43. The third-order valence-electron chi connectivity index (χ3n) is 2.48. The number of nitrogens with one attached hydrogen (secondary N) is 1. The molecule has 5 heteroatoms. The van der Waals surface area contributed by atoms with Gasteiger partial charge in [0.05, 0.1) is 11.6 Å². The Balaban J connectivity index is 2.41. The highest BCUT2D eigenvalue weighted by atomic mass is 79.9. The summed E-state index contributed by atoms with van der Waals surface area (Å²) in [6, 6.07) is 9.06. The quantitative estimate of drug-likeness (QED) is 0.873. The summed E-state index contributed by atoms with van der Waals surface area (Å²) in [6.07, 6.45) is 0. The minimum atomic E-state index is -0.797. The molecule has 0 bridgehead atoms. The molecular formula is C14H9BrF2N2. The van der Waals surface area contributed by atoms with Crippen LogP contribution in [-0.2, 0) is 0 Å². The fraction of sp³-hybridized carbons (Fsp3) is 0.0714. The average molecular weight is 323 g/mol. The summed E-state index contributed by atoms with van der Waals surface area (Å²) in [5.74, 6) is -1.59. The molecular weight excluding hydrogens is 314 g/mol. The van der Waals surface area contributed by atoms with Crippen molar-refractivity contribution in [2.24, 2.45) is 0 Å². The summed E-state index contributed by atoms with van der Waals surface area (Å²) in [5, 5.41) is 11.3. The van der Waals surface area contributed by atoms with E-state index in [0.717, 1.165) is 22.2 Å². The van der Waals surface area contributed by atoms with Crippen LogP contribution in [0, 0.1) is 29.9 Å². The van der Waals surface area contributed by atoms with Gasteiger partial charge in [-0.2, -0.15) is 5.26 Å². The molecule has 0 saturated heterocycles. The summed E-state index contributed by atoms with van der Waals surface area (Å²) in [5.41, 5.74) is 1.20. The average Bonchev–Trinajstić information content (AvgIpc) is 2.32. The van der Waals surface area contributed by atoms with Crippen LogP contribution in [0.2, 0.25) is 0 Å². The van der Waals surface area contributed by atoms with E-state index < -0.39 is 11.6 Å². The van der Waals surface area contributed by atoms with Crippen molar-refractivity contribution in [1.29, 1.82) is 5.26 Å². The molecule has 0 radical (unpaired) electrons. The zero-order chi connectivity index (χ0) is 14.0. The van der Waals surface area contributed by atoms with E-state index in [4.69, 9.17) is 5.26 Å². The molecule has 0 fully saturated rings. The number of nitrogens with zero attached hydrogens (tertiary/aromatic N) is 1.